The molecular weight excluding hydrogens is 412 g/mol. The van der Waals surface area contributed by atoms with Gasteiger partial charge in [-0.3, -0.25) is 13.9 Å². The van der Waals surface area contributed by atoms with Crippen LogP contribution < -0.4 is 16.6 Å². The minimum Gasteiger partial charge on any atom is -0.339 e. The van der Waals surface area contributed by atoms with Gasteiger partial charge in [-0.15, -0.1) is 11.3 Å². The molecule has 9 heteroatoms. The molecule has 1 aromatic carbocycles. The second-order valence-corrected chi connectivity index (χ2v) is 8.61. The van der Waals surface area contributed by atoms with E-state index in [1.54, 1.807) is 35.1 Å². The largest absolute Gasteiger partial charge is 0.339 e. The summed E-state index contributed by atoms with van der Waals surface area (Å²) in [4.78, 5) is 30.8. The van der Waals surface area contributed by atoms with E-state index in [0.717, 1.165) is 32.2 Å². The SMILES string of the molecule is Cc1csc(C2NCCn3c(-c4cccc(C#N)c4)c4c(=O)n(C)c(=O)n(C)c4c32)n1. The summed E-state index contributed by atoms with van der Waals surface area (Å²) in [7, 11) is 3.19. The molecule has 4 heterocycles. The minimum atomic E-state index is -0.372. The van der Waals surface area contributed by atoms with Crippen molar-refractivity contribution >= 4 is 22.2 Å². The Hall–Kier alpha value is -3.48. The third kappa shape index (κ3) is 2.80. The van der Waals surface area contributed by atoms with Gasteiger partial charge < -0.3 is 9.88 Å². The van der Waals surface area contributed by atoms with Gasteiger partial charge >= 0.3 is 5.69 Å². The van der Waals surface area contributed by atoms with Crippen molar-refractivity contribution in [1.29, 1.82) is 5.26 Å². The fourth-order valence-electron chi connectivity index (χ4n) is 4.43. The van der Waals surface area contributed by atoms with E-state index < -0.39 is 0 Å². The van der Waals surface area contributed by atoms with E-state index in [1.165, 1.54) is 7.05 Å². The highest BCUT2D eigenvalue weighted by molar-refractivity contribution is 7.09. The monoisotopic (exact) mass is 432 g/mol. The first-order valence-electron chi connectivity index (χ1n) is 9.90. The van der Waals surface area contributed by atoms with E-state index in [2.05, 4.69) is 20.9 Å². The van der Waals surface area contributed by atoms with E-state index >= 15 is 0 Å². The van der Waals surface area contributed by atoms with Crippen molar-refractivity contribution in [2.24, 2.45) is 14.1 Å². The molecule has 1 unspecified atom stereocenters. The molecule has 1 aliphatic heterocycles. The summed E-state index contributed by atoms with van der Waals surface area (Å²) in [6.45, 7) is 3.27. The van der Waals surface area contributed by atoms with Crippen LogP contribution in [0.3, 0.4) is 0 Å². The predicted molar refractivity (Wildman–Crippen MR) is 119 cm³/mol. The van der Waals surface area contributed by atoms with Gasteiger partial charge in [-0.1, -0.05) is 12.1 Å². The van der Waals surface area contributed by atoms with Crippen molar-refractivity contribution in [1.82, 2.24) is 24.0 Å². The number of thiazole rings is 1. The molecule has 1 aliphatic rings. The average Bonchev–Trinajstić information content (AvgIpc) is 3.37. The molecule has 156 valence electrons. The molecule has 0 bridgehead atoms. The molecule has 0 spiro atoms. The van der Waals surface area contributed by atoms with E-state index in [0.29, 0.717) is 29.6 Å². The summed E-state index contributed by atoms with van der Waals surface area (Å²) in [6, 6.07) is 9.18. The molecule has 3 aromatic heterocycles. The zero-order chi connectivity index (χ0) is 21.9. The van der Waals surface area contributed by atoms with Crippen molar-refractivity contribution in [2.75, 3.05) is 6.54 Å². The molecule has 5 rings (SSSR count). The Kier molecular flexibility index (Phi) is 4.43. The smallest absolute Gasteiger partial charge is 0.331 e. The lowest BCUT2D eigenvalue weighted by Gasteiger charge is -2.27. The Morgan fingerprint density at radius 1 is 1.26 bits per heavy atom. The van der Waals surface area contributed by atoms with Gasteiger partial charge in [0.05, 0.1) is 33.9 Å². The van der Waals surface area contributed by atoms with Gasteiger partial charge in [0.1, 0.15) is 11.0 Å². The Balaban J connectivity index is 1.96. The lowest BCUT2D eigenvalue weighted by molar-refractivity contribution is 0.470. The second kappa shape index (κ2) is 7.04. The van der Waals surface area contributed by atoms with Crippen molar-refractivity contribution in [3.8, 4) is 17.3 Å². The Bertz CT molecular complexity index is 1510. The molecule has 0 saturated carbocycles. The van der Waals surface area contributed by atoms with Crippen LogP contribution in [0.2, 0.25) is 0 Å². The summed E-state index contributed by atoms with van der Waals surface area (Å²) < 4.78 is 4.79. The summed E-state index contributed by atoms with van der Waals surface area (Å²) >= 11 is 1.56. The summed E-state index contributed by atoms with van der Waals surface area (Å²) in [5.74, 6) is 0. The standard InChI is InChI=1S/C22H20N6O2S/c1-12-11-31-20(25-12)16-19-18-15(21(29)27(3)22(30)26(18)2)17(28(19)8-7-24-16)14-6-4-5-13(9-14)10-23/h4-6,9,11,16,24H,7-8H2,1-3H3. The van der Waals surface area contributed by atoms with Crippen LogP contribution in [0.15, 0.2) is 39.2 Å². The van der Waals surface area contributed by atoms with E-state index in [-0.39, 0.29) is 17.3 Å². The molecule has 4 aromatic rings. The number of nitrogens with zero attached hydrogens (tertiary/aromatic N) is 5. The normalized spacial score (nSPS) is 15.7. The molecule has 0 fully saturated rings. The number of hydrogen-bond donors (Lipinski definition) is 1. The van der Waals surface area contributed by atoms with Crippen LogP contribution >= 0.6 is 11.3 Å². The van der Waals surface area contributed by atoms with Gasteiger partial charge in [0, 0.05) is 43.8 Å². The van der Waals surface area contributed by atoms with Crippen LogP contribution in [-0.2, 0) is 20.6 Å². The first-order valence-corrected chi connectivity index (χ1v) is 10.8. The maximum atomic E-state index is 13.4. The second-order valence-electron chi connectivity index (χ2n) is 7.72. The molecular formula is C22H20N6O2S. The summed E-state index contributed by atoms with van der Waals surface area (Å²) in [5.41, 5.74) is 3.71. The Morgan fingerprint density at radius 3 is 2.77 bits per heavy atom. The number of aryl methyl sites for hydroxylation is 2. The number of hydrogen-bond acceptors (Lipinski definition) is 6. The number of fused-ring (bicyclic) bond motifs is 3. The van der Waals surface area contributed by atoms with Crippen LogP contribution in [0.25, 0.3) is 22.2 Å². The fraction of sp³-hybridized carbons (Fsp3) is 0.273. The van der Waals surface area contributed by atoms with Crippen LogP contribution in [0.4, 0.5) is 0 Å². The quantitative estimate of drug-likeness (QED) is 0.523. The van der Waals surface area contributed by atoms with Gasteiger partial charge in [0.2, 0.25) is 0 Å². The number of nitriles is 1. The molecule has 8 nitrogen and oxygen atoms in total. The van der Waals surface area contributed by atoms with Crippen LogP contribution in [-0.4, -0.2) is 25.2 Å². The van der Waals surface area contributed by atoms with E-state index in [1.807, 2.05) is 24.4 Å². The highest BCUT2D eigenvalue weighted by atomic mass is 32.1. The first kappa shape index (κ1) is 19.5. The van der Waals surface area contributed by atoms with Crippen LogP contribution in [0, 0.1) is 18.3 Å². The van der Waals surface area contributed by atoms with Crippen molar-refractivity contribution in [3.63, 3.8) is 0 Å². The lowest BCUT2D eigenvalue weighted by atomic mass is 10.1. The predicted octanol–water partition coefficient (Wildman–Crippen LogP) is 2.03. The van der Waals surface area contributed by atoms with Gasteiger partial charge in [0.15, 0.2) is 0 Å². The van der Waals surface area contributed by atoms with Gasteiger partial charge in [-0.2, -0.15) is 5.26 Å². The molecule has 0 radical (unpaired) electrons. The Labute approximate surface area is 181 Å². The highest BCUT2D eigenvalue weighted by Crippen LogP contribution is 2.39. The van der Waals surface area contributed by atoms with Crippen LogP contribution in [0.1, 0.15) is 28.0 Å². The summed E-state index contributed by atoms with van der Waals surface area (Å²) in [5, 5.41) is 16.3. The maximum Gasteiger partial charge on any atom is 0.331 e. The number of benzene rings is 1. The maximum absolute atomic E-state index is 13.4. The van der Waals surface area contributed by atoms with E-state index in [9.17, 15) is 14.9 Å². The average molecular weight is 433 g/mol. The highest BCUT2D eigenvalue weighted by Gasteiger charge is 2.33. The third-order valence-electron chi connectivity index (χ3n) is 5.81. The zero-order valence-electron chi connectivity index (χ0n) is 17.3. The molecule has 31 heavy (non-hydrogen) atoms. The number of aromatic nitrogens is 4. The topological polar surface area (TPSA) is 97.6 Å². The minimum absolute atomic E-state index is 0.236. The number of nitrogens with one attached hydrogen (secondary N) is 1. The lowest BCUT2D eigenvalue weighted by Crippen LogP contribution is -2.38. The summed E-state index contributed by atoms with van der Waals surface area (Å²) in [6.07, 6.45) is 0. The van der Waals surface area contributed by atoms with E-state index in [4.69, 9.17) is 0 Å². The molecule has 0 aliphatic carbocycles. The Morgan fingerprint density at radius 2 is 2.06 bits per heavy atom. The van der Waals surface area contributed by atoms with Gasteiger partial charge in [-0.25, -0.2) is 9.78 Å². The third-order valence-corrected chi connectivity index (χ3v) is 6.84. The van der Waals surface area contributed by atoms with Crippen LogP contribution in [0.5, 0.6) is 0 Å². The van der Waals surface area contributed by atoms with Crippen molar-refractivity contribution in [3.05, 3.63) is 72.4 Å². The number of rotatable bonds is 2. The van der Waals surface area contributed by atoms with Gasteiger partial charge in [-0.05, 0) is 19.1 Å². The van der Waals surface area contributed by atoms with Crippen molar-refractivity contribution < 1.29 is 0 Å². The molecule has 0 amide bonds. The molecule has 1 N–H and O–H groups in total. The molecule has 1 atom stereocenters. The first-order chi connectivity index (χ1) is 14.9. The van der Waals surface area contributed by atoms with Crippen molar-refractivity contribution in [2.45, 2.75) is 19.5 Å². The zero-order valence-corrected chi connectivity index (χ0v) is 18.2. The molecule has 0 saturated heterocycles. The van der Waals surface area contributed by atoms with Gasteiger partial charge in [0.25, 0.3) is 5.56 Å². The fourth-order valence-corrected chi connectivity index (χ4v) is 5.30.